The molecule has 0 unspecified atom stereocenters. The van der Waals surface area contributed by atoms with Crippen LogP contribution in [0, 0.1) is 0 Å². The largest absolute Gasteiger partial charge is 0.458 e. The average molecular weight is 266 g/mol. The minimum absolute atomic E-state index is 0.0716. The molecule has 1 aromatic rings. The molecule has 0 aliphatic carbocycles. The minimum Gasteiger partial charge on any atom is -0.458 e. The molecule has 5 heteroatoms. The number of benzene rings is 1. The molecular weight excluding hydrogens is 248 g/mol. The molecule has 0 aromatic heterocycles. The Morgan fingerprint density at radius 2 is 1.89 bits per heavy atom. The molecule has 2 atom stereocenters. The van der Waals surface area contributed by atoms with E-state index in [0.717, 1.165) is 5.56 Å². The molecule has 0 bridgehead atoms. The van der Waals surface area contributed by atoms with E-state index < -0.39 is 24.8 Å². The summed E-state index contributed by atoms with van der Waals surface area (Å²) in [5.41, 5.74) is 0.889. The van der Waals surface area contributed by atoms with Crippen LogP contribution in [0.15, 0.2) is 42.5 Å². The Kier molecular flexibility index (Phi) is 6.81. The van der Waals surface area contributed by atoms with E-state index in [1.54, 1.807) is 0 Å². The predicted octanol–water partition coefficient (Wildman–Crippen LogP) is 0.390. The third-order valence-electron chi connectivity index (χ3n) is 2.49. The fraction of sp³-hybridized carbons (Fsp3) is 0.357. The second-order valence-corrected chi connectivity index (χ2v) is 4.05. The van der Waals surface area contributed by atoms with Crippen molar-refractivity contribution in [3.8, 4) is 0 Å². The van der Waals surface area contributed by atoms with Crippen LogP contribution >= 0.6 is 0 Å². The third kappa shape index (κ3) is 6.15. The summed E-state index contributed by atoms with van der Waals surface area (Å²) < 4.78 is 4.98. The van der Waals surface area contributed by atoms with Gasteiger partial charge in [-0.15, -0.1) is 0 Å². The quantitative estimate of drug-likeness (QED) is 0.491. The smallest absolute Gasteiger partial charge is 0.330 e. The molecule has 0 saturated heterocycles. The first kappa shape index (κ1) is 15.4. The van der Waals surface area contributed by atoms with Crippen molar-refractivity contribution in [3.05, 3.63) is 48.0 Å². The maximum absolute atomic E-state index is 11.3. The summed E-state index contributed by atoms with van der Waals surface area (Å²) in [4.78, 5) is 11.3. The number of carbonyl (C=O) groups is 1. The molecule has 0 spiro atoms. The van der Waals surface area contributed by atoms with Crippen LogP contribution in [0.3, 0.4) is 0 Å². The van der Waals surface area contributed by atoms with Crippen molar-refractivity contribution in [2.45, 2.75) is 25.2 Å². The standard InChI is InChI=1S/C14H18O5/c15-9-13(17)12(16)7-4-8-14(18)19-10-11-5-2-1-3-6-11/h1-6,8,12-13,15-17H,7,9-10H2/b8-4+/t12-,13+/m1/s1. The second-order valence-electron chi connectivity index (χ2n) is 4.05. The molecule has 0 aliphatic heterocycles. The van der Waals surface area contributed by atoms with E-state index >= 15 is 0 Å². The molecule has 0 radical (unpaired) electrons. The number of esters is 1. The Bertz CT molecular complexity index is 402. The van der Waals surface area contributed by atoms with Gasteiger partial charge in [-0.3, -0.25) is 0 Å². The Labute approximate surface area is 111 Å². The summed E-state index contributed by atoms with van der Waals surface area (Å²) in [7, 11) is 0. The van der Waals surface area contributed by atoms with E-state index in [1.807, 2.05) is 30.3 Å². The summed E-state index contributed by atoms with van der Waals surface area (Å²) in [5, 5.41) is 27.0. The molecule has 104 valence electrons. The molecular formula is C14H18O5. The molecule has 3 N–H and O–H groups in total. The maximum Gasteiger partial charge on any atom is 0.330 e. The number of rotatable bonds is 7. The second kappa shape index (κ2) is 8.42. The predicted molar refractivity (Wildman–Crippen MR) is 69.1 cm³/mol. The number of ether oxygens (including phenoxy) is 1. The van der Waals surface area contributed by atoms with Crippen molar-refractivity contribution in [1.82, 2.24) is 0 Å². The summed E-state index contributed by atoms with van der Waals surface area (Å²) in [6.07, 6.45) is 0.364. The maximum atomic E-state index is 11.3. The highest BCUT2D eigenvalue weighted by molar-refractivity contribution is 5.81. The lowest BCUT2D eigenvalue weighted by Gasteiger charge is -2.12. The molecule has 5 nitrogen and oxygen atoms in total. The summed E-state index contributed by atoms with van der Waals surface area (Å²) >= 11 is 0. The van der Waals surface area contributed by atoms with Gasteiger partial charge in [0, 0.05) is 6.08 Å². The number of hydrogen-bond donors (Lipinski definition) is 3. The SMILES string of the molecule is O=C(/C=C/C[C@@H](O)[C@@H](O)CO)OCc1ccccc1. The molecule has 0 fully saturated rings. The molecule has 1 rings (SSSR count). The topological polar surface area (TPSA) is 87.0 Å². The van der Waals surface area contributed by atoms with Gasteiger partial charge in [-0.25, -0.2) is 4.79 Å². The van der Waals surface area contributed by atoms with Crippen LogP contribution in [-0.4, -0.2) is 40.1 Å². The molecule has 0 saturated carbocycles. The zero-order chi connectivity index (χ0) is 14.1. The fourth-order valence-electron chi connectivity index (χ4n) is 1.36. The van der Waals surface area contributed by atoms with Crippen LogP contribution in [0.2, 0.25) is 0 Å². The van der Waals surface area contributed by atoms with E-state index in [1.165, 1.54) is 12.2 Å². The van der Waals surface area contributed by atoms with Crippen LogP contribution in [-0.2, 0) is 16.1 Å². The summed E-state index contributed by atoms with van der Waals surface area (Å²) in [6, 6.07) is 9.27. The van der Waals surface area contributed by atoms with E-state index in [9.17, 15) is 9.90 Å². The van der Waals surface area contributed by atoms with Gasteiger partial charge in [-0.1, -0.05) is 36.4 Å². The first-order chi connectivity index (χ1) is 9.13. The van der Waals surface area contributed by atoms with Crippen LogP contribution in [0.1, 0.15) is 12.0 Å². The van der Waals surface area contributed by atoms with Crippen molar-refractivity contribution < 1.29 is 24.9 Å². The summed E-state index contributed by atoms with van der Waals surface area (Å²) in [5.74, 6) is -0.519. The van der Waals surface area contributed by atoms with Crippen LogP contribution in [0.4, 0.5) is 0 Å². The van der Waals surface area contributed by atoms with Crippen LogP contribution < -0.4 is 0 Å². The molecule has 0 amide bonds. The average Bonchev–Trinajstić information content (AvgIpc) is 2.45. The van der Waals surface area contributed by atoms with Gasteiger partial charge in [0.05, 0.1) is 12.7 Å². The van der Waals surface area contributed by atoms with Gasteiger partial charge in [0.25, 0.3) is 0 Å². The lowest BCUT2D eigenvalue weighted by atomic mass is 10.1. The lowest BCUT2D eigenvalue weighted by Crippen LogP contribution is -2.28. The molecule has 0 aliphatic rings. The number of carbonyl (C=O) groups excluding carboxylic acids is 1. The normalized spacial score (nSPS) is 14.3. The van der Waals surface area contributed by atoms with E-state index in [4.69, 9.17) is 14.9 Å². The Balaban J connectivity index is 2.27. The zero-order valence-corrected chi connectivity index (χ0v) is 10.5. The lowest BCUT2D eigenvalue weighted by molar-refractivity contribution is -0.139. The van der Waals surface area contributed by atoms with E-state index in [0.29, 0.717) is 0 Å². The first-order valence-electron chi connectivity index (χ1n) is 5.97. The van der Waals surface area contributed by atoms with Gasteiger partial charge in [0.1, 0.15) is 12.7 Å². The van der Waals surface area contributed by atoms with Crippen molar-refractivity contribution in [2.75, 3.05) is 6.61 Å². The number of aliphatic hydroxyl groups is 3. The van der Waals surface area contributed by atoms with Gasteiger partial charge < -0.3 is 20.1 Å². The van der Waals surface area contributed by atoms with Gasteiger partial charge in [-0.2, -0.15) is 0 Å². The van der Waals surface area contributed by atoms with Gasteiger partial charge in [-0.05, 0) is 12.0 Å². The van der Waals surface area contributed by atoms with Gasteiger partial charge >= 0.3 is 5.97 Å². The molecule has 0 heterocycles. The molecule has 19 heavy (non-hydrogen) atoms. The van der Waals surface area contributed by atoms with Crippen molar-refractivity contribution in [2.24, 2.45) is 0 Å². The molecule has 1 aromatic carbocycles. The highest BCUT2D eigenvalue weighted by Crippen LogP contribution is 2.02. The number of aliphatic hydroxyl groups excluding tert-OH is 3. The minimum atomic E-state index is -1.20. The van der Waals surface area contributed by atoms with E-state index in [2.05, 4.69) is 0 Å². The van der Waals surface area contributed by atoms with Crippen LogP contribution in [0.25, 0.3) is 0 Å². The van der Waals surface area contributed by atoms with Gasteiger partial charge in [0.2, 0.25) is 0 Å². The Morgan fingerprint density at radius 1 is 1.21 bits per heavy atom. The zero-order valence-electron chi connectivity index (χ0n) is 10.5. The summed E-state index contributed by atoms with van der Waals surface area (Å²) in [6.45, 7) is -0.334. The highest BCUT2D eigenvalue weighted by atomic mass is 16.5. The van der Waals surface area contributed by atoms with Crippen molar-refractivity contribution in [1.29, 1.82) is 0 Å². The third-order valence-corrected chi connectivity index (χ3v) is 2.49. The first-order valence-corrected chi connectivity index (χ1v) is 5.97. The van der Waals surface area contributed by atoms with Crippen LogP contribution in [0.5, 0.6) is 0 Å². The van der Waals surface area contributed by atoms with Crippen molar-refractivity contribution in [3.63, 3.8) is 0 Å². The van der Waals surface area contributed by atoms with Gasteiger partial charge in [0.15, 0.2) is 0 Å². The fourth-order valence-corrected chi connectivity index (χ4v) is 1.36. The monoisotopic (exact) mass is 266 g/mol. The highest BCUT2D eigenvalue weighted by Gasteiger charge is 2.13. The van der Waals surface area contributed by atoms with E-state index in [-0.39, 0.29) is 13.0 Å². The number of hydrogen-bond acceptors (Lipinski definition) is 5. The van der Waals surface area contributed by atoms with Crippen molar-refractivity contribution >= 4 is 5.97 Å². The Morgan fingerprint density at radius 3 is 2.53 bits per heavy atom. The Hall–Kier alpha value is -1.69.